The van der Waals surface area contributed by atoms with E-state index >= 15 is 0 Å². The summed E-state index contributed by atoms with van der Waals surface area (Å²) >= 11 is 0. The van der Waals surface area contributed by atoms with Crippen molar-refractivity contribution < 1.29 is 14.3 Å². The van der Waals surface area contributed by atoms with Crippen LogP contribution in [0.2, 0.25) is 0 Å². The van der Waals surface area contributed by atoms with Gasteiger partial charge in [0.15, 0.2) is 0 Å². The van der Waals surface area contributed by atoms with Gasteiger partial charge in [0, 0.05) is 51.5 Å². The van der Waals surface area contributed by atoms with Gasteiger partial charge in [0.05, 0.1) is 17.8 Å². The standard InChI is InChI=1S/C18H26N4O3/c1-20-11-14(10-19-20)17(23)21-7-4-16(12-21)22(18(24)13-2-3-13)15-5-8-25-9-6-15/h10-11,13,15-16H,2-9,12H2,1H3. The van der Waals surface area contributed by atoms with Gasteiger partial charge in [-0.2, -0.15) is 5.10 Å². The number of hydrogen-bond donors (Lipinski definition) is 0. The first-order chi connectivity index (χ1) is 12.1. The van der Waals surface area contributed by atoms with Gasteiger partial charge in [-0.3, -0.25) is 14.3 Å². The summed E-state index contributed by atoms with van der Waals surface area (Å²) in [6.45, 7) is 2.79. The van der Waals surface area contributed by atoms with E-state index in [9.17, 15) is 9.59 Å². The summed E-state index contributed by atoms with van der Waals surface area (Å²) in [7, 11) is 1.81. The molecule has 0 N–H and O–H groups in total. The Labute approximate surface area is 147 Å². The molecule has 3 aliphatic rings. The number of carbonyl (C=O) groups is 2. The zero-order valence-electron chi connectivity index (χ0n) is 14.8. The first kappa shape index (κ1) is 16.6. The van der Waals surface area contributed by atoms with E-state index < -0.39 is 0 Å². The summed E-state index contributed by atoms with van der Waals surface area (Å²) in [5.74, 6) is 0.528. The molecule has 1 unspecified atom stereocenters. The van der Waals surface area contributed by atoms with Crippen molar-refractivity contribution in [1.82, 2.24) is 19.6 Å². The number of ether oxygens (including phenoxy) is 1. The van der Waals surface area contributed by atoms with Gasteiger partial charge < -0.3 is 14.5 Å². The number of aryl methyl sites for hydroxylation is 1. The summed E-state index contributed by atoms with van der Waals surface area (Å²) in [5.41, 5.74) is 0.620. The molecular formula is C18H26N4O3. The average Bonchev–Trinajstić information content (AvgIpc) is 3.22. The van der Waals surface area contributed by atoms with E-state index in [4.69, 9.17) is 4.74 Å². The minimum Gasteiger partial charge on any atom is -0.381 e. The number of carbonyl (C=O) groups excluding carboxylic acids is 2. The predicted molar refractivity (Wildman–Crippen MR) is 90.9 cm³/mol. The zero-order chi connectivity index (χ0) is 17.4. The molecule has 25 heavy (non-hydrogen) atoms. The SMILES string of the molecule is Cn1cc(C(=O)N2CCC(N(C(=O)C3CC3)C3CCOCC3)C2)cn1. The molecule has 2 aliphatic heterocycles. The maximum atomic E-state index is 12.9. The normalized spacial score (nSPS) is 24.5. The number of hydrogen-bond acceptors (Lipinski definition) is 4. The molecule has 7 heteroatoms. The second-order valence-corrected chi connectivity index (χ2v) is 7.46. The molecule has 0 radical (unpaired) electrons. The average molecular weight is 346 g/mol. The summed E-state index contributed by atoms with van der Waals surface area (Å²) in [6, 6.07) is 0.400. The Morgan fingerprint density at radius 1 is 1.16 bits per heavy atom. The van der Waals surface area contributed by atoms with Gasteiger partial charge >= 0.3 is 0 Å². The molecule has 3 fully saturated rings. The summed E-state index contributed by atoms with van der Waals surface area (Å²) < 4.78 is 7.12. The first-order valence-electron chi connectivity index (χ1n) is 9.31. The summed E-state index contributed by atoms with van der Waals surface area (Å²) in [6.07, 6.45) is 8.08. The second-order valence-electron chi connectivity index (χ2n) is 7.46. The van der Waals surface area contributed by atoms with Crippen molar-refractivity contribution >= 4 is 11.8 Å². The van der Waals surface area contributed by atoms with E-state index in [2.05, 4.69) is 10.00 Å². The van der Waals surface area contributed by atoms with Crippen LogP contribution in [0.3, 0.4) is 0 Å². The van der Waals surface area contributed by atoms with Crippen LogP contribution < -0.4 is 0 Å². The Kier molecular flexibility index (Phi) is 4.50. The largest absolute Gasteiger partial charge is 0.381 e. The van der Waals surface area contributed by atoms with Crippen molar-refractivity contribution in [3.63, 3.8) is 0 Å². The van der Waals surface area contributed by atoms with Crippen molar-refractivity contribution in [2.24, 2.45) is 13.0 Å². The highest BCUT2D eigenvalue weighted by Gasteiger charge is 2.42. The molecule has 2 amide bonds. The van der Waals surface area contributed by atoms with Gasteiger partial charge in [-0.15, -0.1) is 0 Å². The minimum atomic E-state index is 0.0152. The van der Waals surface area contributed by atoms with E-state index in [1.807, 2.05) is 11.9 Å². The molecule has 1 aromatic heterocycles. The minimum absolute atomic E-state index is 0.0152. The molecular weight excluding hydrogens is 320 g/mol. The van der Waals surface area contributed by atoms with E-state index in [1.165, 1.54) is 0 Å². The lowest BCUT2D eigenvalue weighted by molar-refractivity contribution is -0.139. The van der Waals surface area contributed by atoms with Crippen LogP contribution in [0.4, 0.5) is 0 Å². The maximum absolute atomic E-state index is 12.9. The third kappa shape index (κ3) is 3.42. The Balaban J connectivity index is 1.46. The van der Waals surface area contributed by atoms with Crippen LogP contribution in [-0.2, 0) is 16.6 Å². The van der Waals surface area contributed by atoms with Crippen molar-refractivity contribution in [3.8, 4) is 0 Å². The lowest BCUT2D eigenvalue weighted by Crippen LogP contribution is -2.51. The van der Waals surface area contributed by atoms with Crippen LogP contribution in [0.15, 0.2) is 12.4 Å². The Hall–Kier alpha value is -1.89. The van der Waals surface area contributed by atoms with Gasteiger partial charge in [0.1, 0.15) is 0 Å². The smallest absolute Gasteiger partial charge is 0.257 e. The summed E-state index contributed by atoms with van der Waals surface area (Å²) in [4.78, 5) is 29.6. The molecule has 1 aromatic rings. The highest BCUT2D eigenvalue weighted by atomic mass is 16.5. The summed E-state index contributed by atoms with van der Waals surface area (Å²) in [5, 5.41) is 4.09. The van der Waals surface area contributed by atoms with Crippen molar-refractivity contribution in [2.45, 2.75) is 44.2 Å². The molecule has 3 heterocycles. The van der Waals surface area contributed by atoms with Gasteiger partial charge in [0.25, 0.3) is 5.91 Å². The number of likely N-dealkylation sites (tertiary alicyclic amines) is 1. The van der Waals surface area contributed by atoms with Crippen LogP contribution in [0.5, 0.6) is 0 Å². The number of nitrogens with zero attached hydrogens (tertiary/aromatic N) is 4. The van der Waals surface area contributed by atoms with E-state index in [0.717, 1.165) is 45.3 Å². The molecule has 7 nitrogen and oxygen atoms in total. The fourth-order valence-electron chi connectivity index (χ4n) is 4.03. The third-order valence-corrected chi connectivity index (χ3v) is 5.56. The monoisotopic (exact) mass is 346 g/mol. The van der Waals surface area contributed by atoms with Crippen molar-refractivity contribution in [3.05, 3.63) is 18.0 Å². The number of rotatable bonds is 4. The van der Waals surface area contributed by atoms with Gasteiger partial charge in [-0.05, 0) is 32.1 Å². The predicted octanol–water partition coefficient (Wildman–Crippen LogP) is 1.05. The molecule has 0 bridgehead atoms. The number of aromatic nitrogens is 2. The second kappa shape index (κ2) is 6.78. The molecule has 0 aromatic carbocycles. The third-order valence-electron chi connectivity index (χ3n) is 5.56. The maximum Gasteiger partial charge on any atom is 0.257 e. The fraction of sp³-hybridized carbons (Fsp3) is 0.722. The van der Waals surface area contributed by atoms with Crippen molar-refractivity contribution in [1.29, 1.82) is 0 Å². The Bertz CT molecular complexity index is 649. The zero-order valence-corrected chi connectivity index (χ0v) is 14.8. The van der Waals surface area contributed by atoms with Gasteiger partial charge in [-0.25, -0.2) is 0 Å². The Morgan fingerprint density at radius 2 is 1.92 bits per heavy atom. The first-order valence-corrected chi connectivity index (χ1v) is 9.31. The molecule has 1 aliphatic carbocycles. The van der Waals surface area contributed by atoms with Crippen LogP contribution in [0, 0.1) is 5.92 Å². The number of amides is 2. The fourth-order valence-corrected chi connectivity index (χ4v) is 4.03. The lowest BCUT2D eigenvalue weighted by atomic mass is 10.0. The highest BCUT2D eigenvalue weighted by Crippen LogP contribution is 2.35. The van der Waals surface area contributed by atoms with Crippen LogP contribution in [-0.4, -0.2) is 69.8 Å². The molecule has 4 rings (SSSR count). The highest BCUT2D eigenvalue weighted by molar-refractivity contribution is 5.94. The quantitative estimate of drug-likeness (QED) is 0.817. The van der Waals surface area contributed by atoms with Crippen LogP contribution >= 0.6 is 0 Å². The molecule has 2 saturated heterocycles. The van der Waals surface area contributed by atoms with E-state index in [-0.39, 0.29) is 23.9 Å². The van der Waals surface area contributed by atoms with Gasteiger partial charge in [0.2, 0.25) is 5.91 Å². The Morgan fingerprint density at radius 3 is 2.56 bits per heavy atom. The topological polar surface area (TPSA) is 67.7 Å². The van der Waals surface area contributed by atoms with Crippen molar-refractivity contribution in [2.75, 3.05) is 26.3 Å². The van der Waals surface area contributed by atoms with E-state index in [1.54, 1.807) is 17.1 Å². The molecule has 0 spiro atoms. The van der Waals surface area contributed by atoms with Crippen LogP contribution in [0.1, 0.15) is 42.5 Å². The van der Waals surface area contributed by atoms with E-state index in [0.29, 0.717) is 24.6 Å². The lowest BCUT2D eigenvalue weighted by Gasteiger charge is -2.38. The van der Waals surface area contributed by atoms with Gasteiger partial charge in [-0.1, -0.05) is 0 Å². The molecule has 136 valence electrons. The molecule has 1 atom stereocenters. The molecule has 1 saturated carbocycles. The van der Waals surface area contributed by atoms with Crippen LogP contribution in [0.25, 0.3) is 0 Å².